The SMILES string of the molecule is CC(C)CNCCCCCCN1CCCC(C)C1. The van der Waals surface area contributed by atoms with Crippen molar-refractivity contribution in [2.45, 2.75) is 59.3 Å². The van der Waals surface area contributed by atoms with E-state index in [0.717, 1.165) is 11.8 Å². The largest absolute Gasteiger partial charge is 0.316 e. The fourth-order valence-corrected chi connectivity index (χ4v) is 2.82. The maximum atomic E-state index is 3.52. The first kappa shape index (κ1) is 16.0. The van der Waals surface area contributed by atoms with Gasteiger partial charge in [-0.1, -0.05) is 33.6 Å². The summed E-state index contributed by atoms with van der Waals surface area (Å²) in [6.45, 7) is 13.3. The van der Waals surface area contributed by atoms with Gasteiger partial charge in [-0.05, 0) is 63.7 Å². The summed E-state index contributed by atoms with van der Waals surface area (Å²) in [5, 5.41) is 3.52. The number of nitrogens with one attached hydrogen (secondary N) is 1. The van der Waals surface area contributed by atoms with Gasteiger partial charge in [-0.3, -0.25) is 0 Å². The molecule has 18 heavy (non-hydrogen) atoms. The molecule has 0 aromatic rings. The Morgan fingerprint density at radius 1 is 1.17 bits per heavy atom. The minimum Gasteiger partial charge on any atom is -0.316 e. The first-order valence-electron chi connectivity index (χ1n) is 8.11. The molecule has 0 aromatic carbocycles. The average Bonchev–Trinajstić information content (AvgIpc) is 2.32. The van der Waals surface area contributed by atoms with Gasteiger partial charge in [0.05, 0.1) is 0 Å². The van der Waals surface area contributed by atoms with Crippen LogP contribution in [-0.4, -0.2) is 37.6 Å². The van der Waals surface area contributed by atoms with Crippen LogP contribution in [0.4, 0.5) is 0 Å². The molecule has 108 valence electrons. The molecule has 0 bridgehead atoms. The third-order valence-corrected chi connectivity index (χ3v) is 3.87. The van der Waals surface area contributed by atoms with E-state index in [0.29, 0.717) is 0 Å². The Bertz CT molecular complexity index is 192. The summed E-state index contributed by atoms with van der Waals surface area (Å²) in [7, 11) is 0. The van der Waals surface area contributed by atoms with Gasteiger partial charge in [0.15, 0.2) is 0 Å². The lowest BCUT2D eigenvalue weighted by atomic mass is 10.00. The van der Waals surface area contributed by atoms with Gasteiger partial charge in [0.2, 0.25) is 0 Å². The molecule has 0 amide bonds. The van der Waals surface area contributed by atoms with Crippen molar-refractivity contribution >= 4 is 0 Å². The number of nitrogens with zero attached hydrogens (tertiary/aromatic N) is 1. The molecule has 0 radical (unpaired) electrons. The summed E-state index contributed by atoms with van der Waals surface area (Å²) >= 11 is 0. The molecule has 0 spiro atoms. The van der Waals surface area contributed by atoms with Crippen molar-refractivity contribution in [1.82, 2.24) is 10.2 Å². The highest BCUT2D eigenvalue weighted by molar-refractivity contribution is 4.69. The van der Waals surface area contributed by atoms with Crippen LogP contribution in [0.15, 0.2) is 0 Å². The van der Waals surface area contributed by atoms with Crippen LogP contribution in [0.1, 0.15) is 59.3 Å². The Morgan fingerprint density at radius 3 is 2.67 bits per heavy atom. The molecule has 1 N–H and O–H groups in total. The fraction of sp³-hybridized carbons (Fsp3) is 1.00. The number of unbranched alkanes of at least 4 members (excludes halogenated alkanes) is 3. The van der Waals surface area contributed by atoms with Crippen LogP contribution in [0.25, 0.3) is 0 Å². The smallest absolute Gasteiger partial charge is 0.000703 e. The third-order valence-electron chi connectivity index (χ3n) is 3.87. The van der Waals surface area contributed by atoms with Gasteiger partial charge < -0.3 is 10.2 Å². The molecule has 1 heterocycles. The molecule has 1 rings (SSSR count). The zero-order valence-electron chi connectivity index (χ0n) is 12.9. The summed E-state index contributed by atoms with van der Waals surface area (Å²) in [4.78, 5) is 2.67. The first-order valence-corrected chi connectivity index (χ1v) is 8.11. The lowest BCUT2D eigenvalue weighted by Gasteiger charge is -2.30. The van der Waals surface area contributed by atoms with E-state index < -0.39 is 0 Å². The number of hydrogen-bond donors (Lipinski definition) is 1. The topological polar surface area (TPSA) is 15.3 Å². The second-order valence-corrected chi connectivity index (χ2v) is 6.56. The predicted octanol–water partition coefficient (Wildman–Crippen LogP) is 3.52. The van der Waals surface area contributed by atoms with Crippen molar-refractivity contribution in [1.29, 1.82) is 0 Å². The molecule has 2 nitrogen and oxygen atoms in total. The van der Waals surface area contributed by atoms with Crippen molar-refractivity contribution in [3.8, 4) is 0 Å². The van der Waals surface area contributed by atoms with Crippen molar-refractivity contribution in [3.63, 3.8) is 0 Å². The summed E-state index contributed by atoms with van der Waals surface area (Å²) in [6, 6.07) is 0. The second-order valence-electron chi connectivity index (χ2n) is 6.56. The van der Waals surface area contributed by atoms with Crippen LogP contribution in [0.2, 0.25) is 0 Å². The summed E-state index contributed by atoms with van der Waals surface area (Å²) in [5.74, 6) is 1.71. The monoisotopic (exact) mass is 254 g/mol. The van der Waals surface area contributed by atoms with E-state index in [1.54, 1.807) is 0 Å². The van der Waals surface area contributed by atoms with Crippen molar-refractivity contribution in [2.75, 3.05) is 32.7 Å². The minimum atomic E-state index is 0.783. The molecule has 1 unspecified atom stereocenters. The van der Waals surface area contributed by atoms with Gasteiger partial charge in [0.25, 0.3) is 0 Å². The maximum absolute atomic E-state index is 3.52. The third kappa shape index (κ3) is 8.10. The Labute approximate surface area is 115 Å². The molecule has 0 saturated carbocycles. The molecule has 1 atom stereocenters. The van der Waals surface area contributed by atoms with E-state index in [1.165, 1.54) is 71.2 Å². The van der Waals surface area contributed by atoms with E-state index in [4.69, 9.17) is 0 Å². The number of rotatable bonds is 9. The van der Waals surface area contributed by atoms with Crippen molar-refractivity contribution in [3.05, 3.63) is 0 Å². The molecule has 1 fully saturated rings. The van der Waals surface area contributed by atoms with E-state index >= 15 is 0 Å². The maximum Gasteiger partial charge on any atom is 0.000703 e. The Hall–Kier alpha value is -0.0800. The van der Waals surface area contributed by atoms with Gasteiger partial charge in [-0.15, -0.1) is 0 Å². The molecular formula is C16H34N2. The normalized spacial score (nSPS) is 21.7. The Balaban J connectivity index is 1.83. The molecular weight excluding hydrogens is 220 g/mol. The number of likely N-dealkylation sites (tertiary alicyclic amines) is 1. The van der Waals surface area contributed by atoms with Crippen LogP contribution >= 0.6 is 0 Å². The van der Waals surface area contributed by atoms with Gasteiger partial charge in [-0.2, -0.15) is 0 Å². The Kier molecular flexibility index (Phi) is 8.70. The molecule has 2 heteroatoms. The summed E-state index contributed by atoms with van der Waals surface area (Å²) in [5.41, 5.74) is 0. The summed E-state index contributed by atoms with van der Waals surface area (Å²) < 4.78 is 0. The first-order chi connectivity index (χ1) is 8.68. The van der Waals surface area contributed by atoms with Gasteiger partial charge in [-0.25, -0.2) is 0 Å². The van der Waals surface area contributed by atoms with E-state index in [-0.39, 0.29) is 0 Å². The zero-order chi connectivity index (χ0) is 13.2. The van der Waals surface area contributed by atoms with E-state index in [1.807, 2.05) is 0 Å². The van der Waals surface area contributed by atoms with Gasteiger partial charge in [0.1, 0.15) is 0 Å². The lowest BCUT2D eigenvalue weighted by molar-refractivity contribution is 0.180. The highest BCUT2D eigenvalue weighted by Crippen LogP contribution is 2.15. The van der Waals surface area contributed by atoms with Crippen LogP contribution in [-0.2, 0) is 0 Å². The summed E-state index contributed by atoms with van der Waals surface area (Å²) in [6.07, 6.45) is 8.42. The standard InChI is InChI=1S/C16H34N2/c1-15(2)13-17-10-6-4-5-7-11-18-12-8-9-16(3)14-18/h15-17H,4-14H2,1-3H3. The number of hydrogen-bond acceptors (Lipinski definition) is 2. The van der Waals surface area contributed by atoms with E-state index in [9.17, 15) is 0 Å². The predicted molar refractivity (Wildman–Crippen MR) is 81.0 cm³/mol. The van der Waals surface area contributed by atoms with Crippen LogP contribution in [0.3, 0.4) is 0 Å². The molecule has 1 aliphatic rings. The zero-order valence-corrected chi connectivity index (χ0v) is 12.9. The Morgan fingerprint density at radius 2 is 1.94 bits per heavy atom. The molecule has 0 aromatic heterocycles. The highest BCUT2D eigenvalue weighted by atomic mass is 15.1. The van der Waals surface area contributed by atoms with Crippen LogP contribution in [0.5, 0.6) is 0 Å². The molecule has 1 aliphatic heterocycles. The molecule has 1 saturated heterocycles. The van der Waals surface area contributed by atoms with Crippen molar-refractivity contribution < 1.29 is 0 Å². The highest BCUT2D eigenvalue weighted by Gasteiger charge is 2.14. The van der Waals surface area contributed by atoms with Gasteiger partial charge >= 0.3 is 0 Å². The quantitative estimate of drug-likeness (QED) is 0.633. The van der Waals surface area contributed by atoms with Crippen molar-refractivity contribution in [2.24, 2.45) is 11.8 Å². The number of piperidine rings is 1. The van der Waals surface area contributed by atoms with E-state index in [2.05, 4.69) is 31.0 Å². The van der Waals surface area contributed by atoms with Gasteiger partial charge in [0, 0.05) is 6.54 Å². The molecule has 0 aliphatic carbocycles. The second kappa shape index (κ2) is 9.80. The lowest BCUT2D eigenvalue weighted by Crippen LogP contribution is -2.34. The average molecular weight is 254 g/mol. The van der Waals surface area contributed by atoms with Crippen LogP contribution in [0, 0.1) is 11.8 Å². The van der Waals surface area contributed by atoms with Crippen LogP contribution < -0.4 is 5.32 Å². The minimum absolute atomic E-state index is 0.783. The fourth-order valence-electron chi connectivity index (χ4n) is 2.82.